The molecule has 0 spiro atoms. The largest absolute Gasteiger partial charge is 0.354 e. The molecule has 4 aromatic rings. The van der Waals surface area contributed by atoms with Crippen molar-refractivity contribution in [3.8, 4) is 11.3 Å². The summed E-state index contributed by atoms with van der Waals surface area (Å²) < 4.78 is 25.3. The van der Waals surface area contributed by atoms with Gasteiger partial charge < -0.3 is 15.2 Å². The van der Waals surface area contributed by atoms with E-state index in [1.54, 1.807) is 19.0 Å². The average molecular weight is 575 g/mol. The average Bonchev–Trinajstić information content (AvgIpc) is 3.25. The number of carbonyl (C=O) groups excluding carboxylic acids is 1. The quantitative estimate of drug-likeness (QED) is 0.181. The zero-order valence-electron chi connectivity index (χ0n) is 24.8. The predicted molar refractivity (Wildman–Crippen MR) is 170 cm³/mol. The van der Waals surface area contributed by atoms with Crippen LogP contribution in [0.3, 0.4) is 0 Å². The van der Waals surface area contributed by atoms with Gasteiger partial charge in [0, 0.05) is 36.4 Å². The van der Waals surface area contributed by atoms with Crippen molar-refractivity contribution in [3.63, 3.8) is 0 Å². The maximum absolute atomic E-state index is 12.4. The van der Waals surface area contributed by atoms with Crippen LogP contribution in [0.2, 0.25) is 0 Å². The Morgan fingerprint density at radius 1 is 0.854 bits per heavy atom. The molecular formula is C33H42N4O3S. The van der Waals surface area contributed by atoms with Gasteiger partial charge in [-0.25, -0.2) is 8.42 Å². The number of benzene rings is 3. The Kier molecular flexibility index (Phi) is 9.89. The van der Waals surface area contributed by atoms with E-state index in [4.69, 9.17) is 0 Å². The lowest BCUT2D eigenvalue weighted by molar-refractivity contribution is -0.127. The number of H-pyrrole nitrogens is 1. The lowest BCUT2D eigenvalue weighted by Crippen LogP contribution is -2.23. The van der Waals surface area contributed by atoms with E-state index in [1.165, 1.54) is 33.2 Å². The van der Waals surface area contributed by atoms with Crippen LogP contribution >= 0.6 is 0 Å². The summed E-state index contributed by atoms with van der Waals surface area (Å²) in [6, 6.07) is 20.5. The zero-order valence-corrected chi connectivity index (χ0v) is 25.6. The van der Waals surface area contributed by atoms with Crippen molar-refractivity contribution in [3.05, 3.63) is 88.5 Å². The first-order chi connectivity index (χ1) is 19.5. The van der Waals surface area contributed by atoms with E-state index in [1.807, 2.05) is 30.3 Å². The van der Waals surface area contributed by atoms with Gasteiger partial charge in [-0.1, -0.05) is 35.4 Å². The van der Waals surface area contributed by atoms with Gasteiger partial charge in [-0.15, -0.1) is 0 Å². The number of amides is 1. The number of sulfonamides is 1. The van der Waals surface area contributed by atoms with E-state index in [9.17, 15) is 13.2 Å². The zero-order chi connectivity index (χ0) is 29.6. The standard InChI is InChI=1S/C33H42N4O3S/c1-23-18-24(2)20-27(19-23)33-29(30-21-26(11-14-31(30)35-33)22-32(38)37(3)4)15-17-34-16-7-6-8-25-9-12-28(13-10-25)36-41(5,39)40/h9-14,18-21,34-36H,6-8,15-17,22H2,1-5H3. The molecule has 41 heavy (non-hydrogen) atoms. The minimum Gasteiger partial charge on any atom is -0.354 e. The number of fused-ring (bicyclic) bond motifs is 1. The highest BCUT2D eigenvalue weighted by atomic mass is 32.2. The van der Waals surface area contributed by atoms with Crippen molar-refractivity contribution >= 4 is 32.5 Å². The fraction of sp³-hybridized carbons (Fsp3) is 0.364. The maximum atomic E-state index is 12.4. The molecule has 8 heteroatoms. The summed E-state index contributed by atoms with van der Waals surface area (Å²) in [5, 5.41) is 4.80. The number of hydrogen-bond acceptors (Lipinski definition) is 4. The Balaban J connectivity index is 1.39. The maximum Gasteiger partial charge on any atom is 0.229 e. The molecule has 3 N–H and O–H groups in total. The molecular weight excluding hydrogens is 532 g/mol. The van der Waals surface area contributed by atoms with E-state index in [2.05, 4.69) is 59.2 Å². The van der Waals surface area contributed by atoms with Crippen molar-refractivity contribution in [2.45, 2.75) is 46.0 Å². The SMILES string of the molecule is Cc1cc(C)cc(-c2[nH]c3ccc(CC(=O)N(C)C)cc3c2CCNCCCCc2ccc(NS(C)(=O)=O)cc2)c1. The molecule has 0 saturated carbocycles. The molecule has 7 nitrogen and oxygen atoms in total. The number of hydrogen-bond donors (Lipinski definition) is 3. The highest BCUT2D eigenvalue weighted by molar-refractivity contribution is 7.92. The van der Waals surface area contributed by atoms with Crippen LogP contribution in [-0.2, 0) is 34.1 Å². The molecule has 1 aromatic heterocycles. The van der Waals surface area contributed by atoms with Crippen molar-refractivity contribution in [1.29, 1.82) is 0 Å². The van der Waals surface area contributed by atoms with Gasteiger partial charge in [0.15, 0.2) is 0 Å². The van der Waals surface area contributed by atoms with Gasteiger partial charge in [-0.2, -0.15) is 0 Å². The predicted octanol–water partition coefficient (Wildman–Crippen LogP) is 5.61. The van der Waals surface area contributed by atoms with Gasteiger partial charge in [-0.3, -0.25) is 9.52 Å². The van der Waals surface area contributed by atoms with Crippen LogP contribution in [-0.4, -0.2) is 57.6 Å². The second kappa shape index (κ2) is 13.4. The van der Waals surface area contributed by atoms with Crippen molar-refractivity contribution in [1.82, 2.24) is 15.2 Å². The third kappa shape index (κ3) is 8.68. The number of aromatic amines is 1. The van der Waals surface area contributed by atoms with E-state index in [-0.39, 0.29) is 5.91 Å². The summed E-state index contributed by atoms with van der Waals surface area (Å²) in [4.78, 5) is 17.7. The number of aromatic nitrogens is 1. The Labute approximate surface area is 244 Å². The Morgan fingerprint density at radius 2 is 1.54 bits per heavy atom. The van der Waals surface area contributed by atoms with Gasteiger partial charge in [0.05, 0.1) is 12.7 Å². The van der Waals surface area contributed by atoms with Gasteiger partial charge in [0.1, 0.15) is 0 Å². The molecule has 0 aliphatic heterocycles. The smallest absolute Gasteiger partial charge is 0.229 e. The monoisotopic (exact) mass is 574 g/mol. The molecule has 0 atom stereocenters. The Bertz CT molecular complexity index is 1590. The minimum absolute atomic E-state index is 0.0964. The van der Waals surface area contributed by atoms with Crippen LogP contribution in [0.15, 0.2) is 60.7 Å². The molecule has 1 amide bonds. The molecule has 0 unspecified atom stereocenters. The Hall–Kier alpha value is -3.62. The summed E-state index contributed by atoms with van der Waals surface area (Å²) in [6.07, 6.45) is 5.48. The molecule has 0 aliphatic carbocycles. The minimum atomic E-state index is -3.26. The molecule has 3 aromatic carbocycles. The number of nitrogens with one attached hydrogen (secondary N) is 3. The number of nitrogens with zero attached hydrogens (tertiary/aromatic N) is 1. The van der Waals surface area contributed by atoms with Crippen molar-refractivity contribution < 1.29 is 13.2 Å². The van der Waals surface area contributed by atoms with E-state index < -0.39 is 10.0 Å². The van der Waals surface area contributed by atoms with Crippen molar-refractivity contribution in [2.75, 3.05) is 38.2 Å². The van der Waals surface area contributed by atoms with E-state index in [0.717, 1.165) is 61.8 Å². The third-order valence-electron chi connectivity index (χ3n) is 7.21. The molecule has 0 saturated heterocycles. The van der Waals surface area contributed by atoms with Gasteiger partial charge >= 0.3 is 0 Å². The van der Waals surface area contributed by atoms with Gasteiger partial charge in [0.2, 0.25) is 15.9 Å². The fourth-order valence-electron chi connectivity index (χ4n) is 5.23. The van der Waals surface area contributed by atoms with Crippen LogP contribution in [0.4, 0.5) is 5.69 Å². The summed E-state index contributed by atoms with van der Waals surface area (Å²) >= 11 is 0. The number of rotatable bonds is 13. The third-order valence-corrected chi connectivity index (χ3v) is 7.82. The van der Waals surface area contributed by atoms with E-state index >= 15 is 0 Å². The molecule has 0 fully saturated rings. The lowest BCUT2D eigenvalue weighted by atomic mass is 9.98. The highest BCUT2D eigenvalue weighted by Gasteiger charge is 2.15. The summed E-state index contributed by atoms with van der Waals surface area (Å²) in [6.45, 7) is 6.05. The first kappa shape index (κ1) is 30.3. The molecule has 0 bridgehead atoms. The molecule has 4 rings (SSSR count). The van der Waals surface area contributed by atoms with Gasteiger partial charge in [-0.05, 0) is 111 Å². The van der Waals surface area contributed by atoms with Crippen LogP contribution in [0.1, 0.15) is 40.7 Å². The molecule has 0 radical (unpaired) electrons. The number of carbonyl (C=O) groups is 1. The number of likely N-dealkylation sites (N-methyl/N-ethyl adjacent to an activating group) is 1. The normalized spacial score (nSPS) is 11.6. The Morgan fingerprint density at radius 3 is 2.20 bits per heavy atom. The lowest BCUT2D eigenvalue weighted by Gasteiger charge is -2.11. The van der Waals surface area contributed by atoms with Crippen LogP contribution < -0.4 is 10.0 Å². The second-order valence-electron chi connectivity index (χ2n) is 11.2. The molecule has 218 valence electrons. The first-order valence-electron chi connectivity index (χ1n) is 14.2. The highest BCUT2D eigenvalue weighted by Crippen LogP contribution is 2.32. The second-order valence-corrected chi connectivity index (χ2v) is 13.0. The van der Waals surface area contributed by atoms with Crippen LogP contribution in [0, 0.1) is 13.8 Å². The van der Waals surface area contributed by atoms with Crippen LogP contribution in [0.5, 0.6) is 0 Å². The van der Waals surface area contributed by atoms with Crippen LogP contribution in [0.25, 0.3) is 22.2 Å². The number of unbranched alkanes of at least 4 members (excludes halogenated alkanes) is 1. The first-order valence-corrected chi connectivity index (χ1v) is 16.1. The summed E-state index contributed by atoms with van der Waals surface area (Å²) in [5.41, 5.74) is 10.00. The van der Waals surface area contributed by atoms with E-state index in [0.29, 0.717) is 12.1 Å². The molecule has 0 aliphatic rings. The summed E-state index contributed by atoms with van der Waals surface area (Å²) in [7, 11) is 0.330. The van der Waals surface area contributed by atoms with Crippen molar-refractivity contribution in [2.24, 2.45) is 0 Å². The van der Waals surface area contributed by atoms with Gasteiger partial charge in [0.25, 0.3) is 0 Å². The number of aryl methyl sites for hydroxylation is 3. The number of anilines is 1. The fourth-order valence-corrected chi connectivity index (χ4v) is 5.80. The topological polar surface area (TPSA) is 94.3 Å². The molecule has 1 heterocycles. The summed E-state index contributed by atoms with van der Waals surface area (Å²) in [5.74, 6) is 0.0964.